The van der Waals surface area contributed by atoms with Crippen molar-refractivity contribution >= 4 is 21.6 Å². The number of aromatic nitrogens is 3. The topological polar surface area (TPSA) is 42.2 Å². The maximum absolute atomic E-state index is 4.39. The van der Waals surface area contributed by atoms with Crippen LogP contribution in [0.1, 0.15) is 5.82 Å². The lowest BCUT2D eigenvalue weighted by atomic mass is 10.4. The first-order valence-electron chi connectivity index (χ1n) is 4.46. The van der Waals surface area contributed by atoms with Crippen molar-refractivity contribution in [1.29, 1.82) is 0 Å². The van der Waals surface area contributed by atoms with Crippen LogP contribution >= 0.6 is 15.9 Å². The Morgan fingerprint density at radius 3 is 3.07 bits per heavy atom. The Hall–Kier alpha value is -0.940. The van der Waals surface area contributed by atoms with Gasteiger partial charge in [-0.1, -0.05) is 6.07 Å². The van der Waals surface area contributed by atoms with E-state index in [4.69, 9.17) is 0 Å². The van der Waals surface area contributed by atoms with Gasteiger partial charge >= 0.3 is 0 Å². The fourth-order valence-corrected chi connectivity index (χ4v) is 1.67. The highest BCUT2D eigenvalue weighted by atomic mass is 79.9. The summed E-state index contributed by atoms with van der Waals surface area (Å²) < 4.78 is 2.73. The molecule has 0 saturated heterocycles. The van der Waals surface area contributed by atoms with Crippen LogP contribution in [0.4, 0.5) is 0 Å². The maximum Gasteiger partial charge on any atom is 0.156 e. The summed E-state index contributed by atoms with van der Waals surface area (Å²) in [6.07, 6.45) is 0.852. The Morgan fingerprint density at radius 2 is 2.36 bits per heavy atom. The van der Waals surface area contributed by atoms with Gasteiger partial charge in [0.05, 0.1) is 0 Å². The minimum atomic E-state index is 0.852. The summed E-state index contributed by atoms with van der Waals surface area (Å²) in [5, 5.41) is 7.44. The SMILES string of the molecule is CNCCc1nc2cccc(Br)n2n1. The third kappa shape index (κ3) is 1.78. The van der Waals surface area contributed by atoms with E-state index in [1.807, 2.05) is 25.2 Å². The van der Waals surface area contributed by atoms with Crippen LogP contribution in [0.25, 0.3) is 5.65 Å². The summed E-state index contributed by atoms with van der Waals surface area (Å²) >= 11 is 3.42. The van der Waals surface area contributed by atoms with E-state index in [9.17, 15) is 0 Å². The molecule has 14 heavy (non-hydrogen) atoms. The molecular weight excluding hydrogens is 244 g/mol. The molecule has 2 aromatic rings. The molecule has 1 N–H and O–H groups in total. The van der Waals surface area contributed by atoms with Crippen molar-refractivity contribution in [3.05, 3.63) is 28.6 Å². The molecule has 0 aliphatic rings. The molecule has 0 atom stereocenters. The molecule has 2 heterocycles. The van der Waals surface area contributed by atoms with E-state index in [0.29, 0.717) is 0 Å². The first kappa shape index (κ1) is 9.61. The molecule has 0 unspecified atom stereocenters. The number of hydrogen-bond donors (Lipinski definition) is 1. The number of nitrogens with one attached hydrogen (secondary N) is 1. The van der Waals surface area contributed by atoms with E-state index in [1.165, 1.54) is 0 Å². The van der Waals surface area contributed by atoms with E-state index >= 15 is 0 Å². The molecule has 0 amide bonds. The van der Waals surface area contributed by atoms with E-state index in [-0.39, 0.29) is 0 Å². The number of likely N-dealkylation sites (N-methyl/N-ethyl adjacent to an activating group) is 1. The average Bonchev–Trinajstić information content (AvgIpc) is 2.59. The number of pyridine rings is 1. The summed E-state index contributed by atoms with van der Waals surface area (Å²) in [7, 11) is 1.92. The molecule has 2 aromatic heterocycles. The van der Waals surface area contributed by atoms with Crippen LogP contribution in [0.2, 0.25) is 0 Å². The van der Waals surface area contributed by atoms with Crippen molar-refractivity contribution in [3.63, 3.8) is 0 Å². The zero-order valence-corrected chi connectivity index (χ0v) is 9.45. The lowest BCUT2D eigenvalue weighted by Crippen LogP contribution is -2.11. The van der Waals surface area contributed by atoms with Gasteiger partial charge in [0.15, 0.2) is 11.5 Å². The summed E-state index contributed by atoms with van der Waals surface area (Å²) in [5.41, 5.74) is 0.880. The minimum absolute atomic E-state index is 0.852. The molecule has 0 spiro atoms. The van der Waals surface area contributed by atoms with Gasteiger partial charge in [-0.15, -0.1) is 0 Å². The van der Waals surface area contributed by atoms with Crippen LogP contribution in [0, 0.1) is 0 Å². The van der Waals surface area contributed by atoms with Gasteiger partial charge in [0, 0.05) is 13.0 Å². The average molecular weight is 255 g/mol. The quantitative estimate of drug-likeness (QED) is 0.839. The molecule has 0 aliphatic heterocycles. The zero-order valence-electron chi connectivity index (χ0n) is 7.87. The zero-order chi connectivity index (χ0) is 9.97. The van der Waals surface area contributed by atoms with Crippen LogP contribution in [0.3, 0.4) is 0 Å². The van der Waals surface area contributed by atoms with Crippen molar-refractivity contribution in [2.75, 3.05) is 13.6 Å². The van der Waals surface area contributed by atoms with Crippen LogP contribution < -0.4 is 5.32 Å². The molecule has 74 valence electrons. The number of fused-ring (bicyclic) bond motifs is 1. The predicted octanol–water partition coefficient (Wildman–Crippen LogP) is 1.25. The first-order chi connectivity index (χ1) is 6.81. The van der Waals surface area contributed by atoms with Gasteiger partial charge in [-0.2, -0.15) is 5.10 Å². The third-order valence-electron chi connectivity index (χ3n) is 1.96. The van der Waals surface area contributed by atoms with Crippen molar-refractivity contribution in [1.82, 2.24) is 19.9 Å². The van der Waals surface area contributed by atoms with Crippen LogP contribution in [0.5, 0.6) is 0 Å². The monoisotopic (exact) mass is 254 g/mol. The summed E-state index contributed by atoms with van der Waals surface area (Å²) in [6, 6.07) is 5.85. The Kier molecular flexibility index (Phi) is 2.79. The van der Waals surface area contributed by atoms with Gasteiger partial charge in [-0.05, 0) is 35.1 Å². The fourth-order valence-electron chi connectivity index (χ4n) is 1.26. The Balaban J connectivity index is 2.36. The summed E-state index contributed by atoms with van der Waals surface area (Å²) in [5.74, 6) is 0.867. The van der Waals surface area contributed by atoms with Crippen LogP contribution in [-0.2, 0) is 6.42 Å². The molecule has 5 heteroatoms. The smallest absolute Gasteiger partial charge is 0.156 e. The normalized spacial score (nSPS) is 11.0. The van der Waals surface area contributed by atoms with Crippen LogP contribution in [0.15, 0.2) is 22.8 Å². The number of nitrogens with zero attached hydrogens (tertiary/aromatic N) is 3. The minimum Gasteiger partial charge on any atom is -0.319 e. The molecule has 0 fully saturated rings. The number of rotatable bonds is 3. The summed E-state index contributed by atoms with van der Waals surface area (Å²) in [4.78, 5) is 4.39. The van der Waals surface area contributed by atoms with Gasteiger partial charge in [0.1, 0.15) is 4.60 Å². The second-order valence-electron chi connectivity index (χ2n) is 3.00. The molecule has 0 aromatic carbocycles. The Bertz CT molecular complexity index is 437. The number of halogens is 1. The molecule has 0 saturated carbocycles. The van der Waals surface area contributed by atoms with Gasteiger partial charge in [-0.3, -0.25) is 0 Å². The largest absolute Gasteiger partial charge is 0.319 e. The van der Waals surface area contributed by atoms with E-state index in [0.717, 1.165) is 29.0 Å². The fraction of sp³-hybridized carbons (Fsp3) is 0.333. The van der Waals surface area contributed by atoms with Crippen LogP contribution in [-0.4, -0.2) is 28.2 Å². The molecule has 2 rings (SSSR count). The lowest BCUT2D eigenvalue weighted by Gasteiger charge is -1.93. The highest BCUT2D eigenvalue weighted by Crippen LogP contribution is 2.11. The predicted molar refractivity (Wildman–Crippen MR) is 58.3 cm³/mol. The third-order valence-corrected chi connectivity index (χ3v) is 2.56. The van der Waals surface area contributed by atoms with Gasteiger partial charge < -0.3 is 5.32 Å². The van der Waals surface area contributed by atoms with Crippen molar-refractivity contribution in [2.45, 2.75) is 6.42 Å². The van der Waals surface area contributed by atoms with Gasteiger partial charge in [0.25, 0.3) is 0 Å². The van der Waals surface area contributed by atoms with Gasteiger partial charge in [0.2, 0.25) is 0 Å². The van der Waals surface area contributed by atoms with E-state index in [1.54, 1.807) is 4.52 Å². The second-order valence-corrected chi connectivity index (χ2v) is 3.81. The Morgan fingerprint density at radius 1 is 1.50 bits per heavy atom. The van der Waals surface area contributed by atoms with Crippen molar-refractivity contribution < 1.29 is 0 Å². The molecule has 0 aliphatic carbocycles. The lowest BCUT2D eigenvalue weighted by molar-refractivity contribution is 0.749. The molecule has 0 radical (unpaired) electrons. The van der Waals surface area contributed by atoms with Gasteiger partial charge in [-0.25, -0.2) is 9.50 Å². The number of hydrogen-bond acceptors (Lipinski definition) is 3. The molecule has 0 bridgehead atoms. The highest BCUT2D eigenvalue weighted by Gasteiger charge is 2.04. The highest BCUT2D eigenvalue weighted by molar-refractivity contribution is 9.10. The van der Waals surface area contributed by atoms with Crippen molar-refractivity contribution in [3.8, 4) is 0 Å². The molecular formula is C9H11BrN4. The van der Waals surface area contributed by atoms with Crippen molar-refractivity contribution in [2.24, 2.45) is 0 Å². The first-order valence-corrected chi connectivity index (χ1v) is 5.25. The maximum atomic E-state index is 4.39. The standard InChI is InChI=1S/C9H11BrN4/c1-11-6-5-8-12-9-4-2-3-7(10)14(9)13-8/h2-4,11H,5-6H2,1H3. The second kappa shape index (κ2) is 4.06. The van der Waals surface area contributed by atoms with E-state index in [2.05, 4.69) is 31.3 Å². The van der Waals surface area contributed by atoms with E-state index < -0.39 is 0 Å². The Labute approximate surface area is 90.5 Å². The summed E-state index contributed by atoms with van der Waals surface area (Å²) in [6.45, 7) is 0.897. The molecule has 4 nitrogen and oxygen atoms in total.